The number of amides is 1. The first-order chi connectivity index (χ1) is 54.0. The molecular weight excluding hydrogens is 1420 g/mol. The number of nitrogens with two attached hydrogens (primary N) is 1. The number of ether oxygens (including phenoxy) is 7. The van der Waals surface area contributed by atoms with E-state index in [1.54, 1.807) is 125 Å². The number of phenols is 2. The van der Waals surface area contributed by atoms with Gasteiger partial charge >= 0.3 is 5.97 Å². The molecule has 0 saturated carbocycles. The monoisotopic (exact) mass is 1500 g/mol. The Balaban J connectivity index is 0.000000152. The molecule has 27 nitrogen and oxygen atoms in total. The summed E-state index contributed by atoms with van der Waals surface area (Å²) >= 11 is 0. The standard InChI is InChI=1S/C21H19N3O3.C21H18N2O5.C21H16N2O4.C13H14N2O3.C8H6O3/c1-22-11-14-3-2-4-15(9-14)21-24-19-10-18(7-8-20(19)27-21)26-13-16-5-6-17(25)12-23-16;1-27-18-6-5-16(22-11-18)13-28-17-7-8-20(25)19(10-17)23-21(26)15-4-2-3-14(9-15)12-24;1-25-18-6-5-16(22-11-18)13-26-17-7-8-20-19(10-17)23-21(27-20)15-4-2-3-14(9-15)12-24;1-17-11-3-2-9(15-7-11)8-18-10-4-5-13(16)12(14)6-10;9-5-6-2-1-3-7(4-6)8(10)11/h2-10,12,22,25H,11,13H2,1H3;2-12,25H,13H2,1H3,(H,23,26);2-12H,13H2,1H3;2-7,16H,8,14H2,1H3;1-5H,(H,10,11). The maximum Gasteiger partial charge on any atom is 0.335 e. The lowest BCUT2D eigenvalue weighted by Gasteiger charge is -2.11. The molecule has 0 saturated heterocycles. The van der Waals surface area contributed by atoms with E-state index in [9.17, 15) is 39.3 Å². The number of hydrogen-bond acceptors (Lipinski definition) is 25. The fourth-order valence-corrected chi connectivity index (χ4v) is 10.0. The van der Waals surface area contributed by atoms with Crippen LogP contribution in [0.3, 0.4) is 0 Å². The average molecular weight is 1500 g/mol. The summed E-state index contributed by atoms with van der Waals surface area (Å²) in [7, 11) is 6.67. The van der Waals surface area contributed by atoms with Gasteiger partial charge in [-0.05, 0) is 158 Å². The molecular formula is C84H73N9O18. The van der Waals surface area contributed by atoms with Gasteiger partial charge in [-0.15, -0.1) is 0 Å². The van der Waals surface area contributed by atoms with E-state index in [-0.39, 0.29) is 40.8 Å². The molecule has 8 aromatic carbocycles. The number of oxazole rings is 2. The van der Waals surface area contributed by atoms with Gasteiger partial charge in [0, 0.05) is 64.2 Å². The van der Waals surface area contributed by atoms with Gasteiger partial charge in [0.25, 0.3) is 5.91 Å². The highest BCUT2D eigenvalue weighted by Crippen LogP contribution is 2.33. The molecule has 6 heterocycles. The molecule has 0 aliphatic carbocycles. The largest absolute Gasteiger partial charge is 0.506 e. The second kappa shape index (κ2) is 39.4. The third kappa shape index (κ3) is 23.3. The van der Waals surface area contributed by atoms with E-state index >= 15 is 0 Å². The summed E-state index contributed by atoms with van der Waals surface area (Å²) in [5, 5.41) is 42.8. The molecule has 0 fully saturated rings. The van der Waals surface area contributed by atoms with Crippen LogP contribution in [0.5, 0.6) is 57.5 Å². The summed E-state index contributed by atoms with van der Waals surface area (Å²) in [6, 6.07) is 61.8. The van der Waals surface area contributed by atoms with Gasteiger partial charge in [0.15, 0.2) is 11.2 Å². The molecule has 14 aromatic rings. The van der Waals surface area contributed by atoms with Crippen molar-refractivity contribution in [2.75, 3.05) is 39.4 Å². The molecule has 1 amide bonds. The van der Waals surface area contributed by atoms with Gasteiger partial charge in [0.1, 0.15) is 114 Å². The van der Waals surface area contributed by atoms with Gasteiger partial charge in [0.2, 0.25) is 11.8 Å². The lowest BCUT2D eigenvalue weighted by molar-refractivity contribution is 0.0696. The first kappa shape index (κ1) is 78.6. The minimum atomic E-state index is -1.02. The van der Waals surface area contributed by atoms with Crippen LogP contribution in [0.1, 0.15) is 80.1 Å². The lowest BCUT2D eigenvalue weighted by atomic mass is 10.1. The number of phenolic OH excluding ortho intramolecular Hbond substituents is 2. The third-order valence-corrected chi connectivity index (χ3v) is 15.8. The first-order valence-corrected chi connectivity index (χ1v) is 33.8. The number of nitrogen functional groups attached to an aromatic ring is 1. The predicted molar refractivity (Wildman–Crippen MR) is 412 cm³/mol. The second-order valence-corrected chi connectivity index (χ2v) is 23.6. The van der Waals surface area contributed by atoms with Crippen LogP contribution in [-0.2, 0) is 33.0 Å². The van der Waals surface area contributed by atoms with Crippen LogP contribution in [0.25, 0.3) is 45.1 Å². The molecule has 0 unspecified atom stereocenters. The number of carboxylic acids is 1. The van der Waals surface area contributed by atoms with Crippen molar-refractivity contribution in [1.82, 2.24) is 35.2 Å². The van der Waals surface area contributed by atoms with Gasteiger partial charge in [-0.3, -0.25) is 39.1 Å². The fraction of sp³-hybridized carbons (Fsp3) is 0.107. The Morgan fingerprint density at radius 1 is 0.441 bits per heavy atom. The first-order valence-electron chi connectivity index (χ1n) is 33.8. The van der Waals surface area contributed by atoms with Crippen LogP contribution < -0.4 is 49.5 Å². The molecule has 0 atom stereocenters. The summed E-state index contributed by atoms with van der Waals surface area (Å²) in [4.78, 5) is 80.6. The number of methoxy groups -OCH3 is 3. The maximum absolute atomic E-state index is 12.4. The minimum absolute atomic E-state index is 0.0462. The second-order valence-electron chi connectivity index (χ2n) is 23.6. The highest BCUT2D eigenvalue weighted by atomic mass is 16.5. The number of anilines is 2. The van der Waals surface area contributed by atoms with Crippen molar-refractivity contribution < 1.29 is 86.4 Å². The maximum atomic E-state index is 12.4. The van der Waals surface area contributed by atoms with Crippen molar-refractivity contribution in [3.63, 3.8) is 0 Å². The van der Waals surface area contributed by atoms with E-state index in [4.69, 9.17) is 52.8 Å². The van der Waals surface area contributed by atoms with E-state index in [0.717, 1.165) is 46.6 Å². The number of fused-ring (bicyclic) bond motifs is 2. The number of aldehydes is 3. The zero-order chi connectivity index (χ0) is 78.4. The number of benzene rings is 8. The van der Waals surface area contributed by atoms with Gasteiger partial charge in [-0.2, -0.15) is 0 Å². The van der Waals surface area contributed by atoms with Gasteiger partial charge in [-0.25, -0.2) is 14.8 Å². The van der Waals surface area contributed by atoms with Crippen molar-refractivity contribution >= 4 is 64.3 Å². The molecule has 562 valence electrons. The van der Waals surface area contributed by atoms with Crippen molar-refractivity contribution in [3.05, 3.63) is 299 Å². The summed E-state index contributed by atoms with van der Waals surface area (Å²) < 4.78 is 49.6. The van der Waals surface area contributed by atoms with E-state index in [0.29, 0.717) is 129 Å². The van der Waals surface area contributed by atoms with Crippen LogP contribution >= 0.6 is 0 Å². The summed E-state index contributed by atoms with van der Waals surface area (Å²) in [5.41, 5.74) is 16.5. The summed E-state index contributed by atoms with van der Waals surface area (Å²) in [6.45, 7) is 1.97. The molecule has 6 aromatic heterocycles. The fourth-order valence-electron chi connectivity index (χ4n) is 10.0. The summed E-state index contributed by atoms with van der Waals surface area (Å²) in [6.07, 6.45) is 8.35. The number of rotatable bonds is 25. The molecule has 14 rings (SSSR count). The van der Waals surface area contributed by atoms with Crippen molar-refractivity contribution in [3.8, 4) is 80.4 Å². The topological polar surface area (TPSA) is 385 Å². The number of carboxylic acid groups (broad SMARTS) is 1. The van der Waals surface area contributed by atoms with Crippen LogP contribution in [-0.4, -0.2) is 109 Å². The number of nitrogens with one attached hydrogen (secondary N) is 2. The minimum Gasteiger partial charge on any atom is -0.506 e. The zero-order valence-electron chi connectivity index (χ0n) is 60.1. The van der Waals surface area contributed by atoms with E-state index < -0.39 is 11.9 Å². The van der Waals surface area contributed by atoms with E-state index in [1.165, 1.54) is 54.2 Å². The normalized spacial score (nSPS) is 10.4. The molecule has 0 bridgehead atoms. The number of hydrogen-bond donors (Lipinski definition) is 7. The smallest absolute Gasteiger partial charge is 0.335 e. The third-order valence-electron chi connectivity index (χ3n) is 15.8. The highest BCUT2D eigenvalue weighted by Gasteiger charge is 2.15. The van der Waals surface area contributed by atoms with Gasteiger partial charge < -0.3 is 78.8 Å². The Morgan fingerprint density at radius 2 is 0.856 bits per heavy atom. The number of carbonyl (C=O) groups is 5. The van der Waals surface area contributed by atoms with Crippen LogP contribution in [0, 0.1) is 0 Å². The molecule has 0 aliphatic heterocycles. The number of pyridine rings is 4. The number of nitrogens with zero attached hydrogens (tertiary/aromatic N) is 6. The number of carbonyl (C=O) groups excluding carboxylic acids is 4. The Hall–Kier alpha value is -15.0. The number of aromatic carboxylic acids is 1. The van der Waals surface area contributed by atoms with E-state index in [2.05, 4.69) is 52.7 Å². The van der Waals surface area contributed by atoms with Crippen molar-refractivity contribution in [2.24, 2.45) is 0 Å². The van der Waals surface area contributed by atoms with E-state index in [1.807, 2.05) is 85.9 Å². The highest BCUT2D eigenvalue weighted by molar-refractivity contribution is 6.06. The SMILES string of the molecule is CNCc1cccc(-c2nc3cc(OCc4ccc(O)cn4)ccc3o2)c1.COc1ccc(COc2ccc(O)c(N)c2)nc1.COc1ccc(COc2ccc(O)c(NC(=O)c3cccc(C=O)c3)c2)nc1.COc1ccc(COc2ccc3oc(-c4cccc(C=O)c4)nc3c2)nc1.O=Cc1cccc(C(=O)O)c1. The lowest BCUT2D eigenvalue weighted by Crippen LogP contribution is -2.12. The molecule has 111 heavy (non-hydrogen) atoms. The Labute approximate surface area is 635 Å². The average Bonchev–Trinajstić information content (AvgIpc) is 1.68. The van der Waals surface area contributed by atoms with Crippen molar-refractivity contribution in [2.45, 2.75) is 33.0 Å². The number of aromatic nitrogens is 6. The van der Waals surface area contributed by atoms with Gasteiger partial charge in [-0.1, -0.05) is 48.5 Å². The summed E-state index contributed by atoms with van der Waals surface area (Å²) in [5.74, 6) is 4.09. The van der Waals surface area contributed by atoms with Crippen LogP contribution in [0.4, 0.5) is 11.4 Å². The molecule has 0 aliphatic rings. The zero-order valence-corrected chi connectivity index (χ0v) is 60.1. The number of aromatic hydroxyl groups is 3. The predicted octanol–water partition coefficient (Wildman–Crippen LogP) is 14.8. The molecule has 0 radical (unpaired) electrons. The molecule has 27 heteroatoms. The Morgan fingerprint density at radius 3 is 1.31 bits per heavy atom. The molecule has 0 spiro atoms. The van der Waals surface area contributed by atoms with Crippen LogP contribution in [0.15, 0.2) is 252 Å². The van der Waals surface area contributed by atoms with Crippen LogP contribution in [0.2, 0.25) is 0 Å². The quantitative estimate of drug-likeness (QED) is 0.0159. The Bertz CT molecular complexity index is 5450. The molecule has 8 N–H and O–H groups in total. The Kier molecular flexibility index (Phi) is 27.9. The van der Waals surface area contributed by atoms with Gasteiger partial charge in [0.05, 0.1) is 85.8 Å². The van der Waals surface area contributed by atoms with Crippen molar-refractivity contribution in [1.29, 1.82) is 0 Å².